The fourth-order valence-corrected chi connectivity index (χ4v) is 1.98. The third kappa shape index (κ3) is 3.03. The lowest BCUT2D eigenvalue weighted by atomic mass is 10.0. The van der Waals surface area contributed by atoms with Crippen LogP contribution in [0.3, 0.4) is 0 Å². The molecule has 2 aromatic carbocycles. The Bertz CT molecular complexity index is 650. The van der Waals surface area contributed by atoms with Gasteiger partial charge in [0.1, 0.15) is 5.75 Å². The Balaban J connectivity index is 2.33. The molecule has 0 heterocycles. The van der Waals surface area contributed by atoms with Crippen LogP contribution in [0.2, 0.25) is 5.02 Å². The van der Waals surface area contributed by atoms with Gasteiger partial charge in [0.2, 0.25) is 11.6 Å². The molecule has 5 heteroatoms. The monoisotopic (exact) mass is 338 g/mol. The Hall–Kier alpha value is -1.65. The molecule has 0 saturated carbocycles. The standard InChI is InChI=1S/C14H8BrClO3/c15-9-3-1-8(2-4-9)13(18)14(19)11-6-5-10(16)7-12(11)17/h1-7,17H. The van der Waals surface area contributed by atoms with E-state index in [1.807, 2.05) is 0 Å². The minimum absolute atomic E-state index is 0.0580. The molecule has 0 aliphatic carbocycles. The van der Waals surface area contributed by atoms with Gasteiger partial charge >= 0.3 is 0 Å². The van der Waals surface area contributed by atoms with Crippen molar-refractivity contribution in [2.24, 2.45) is 0 Å². The van der Waals surface area contributed by atoms with Gasteiger partial charge in [-0.25, -0.2) is 0 Å². The molecule has 0 fully saturated rings. The number of ketones is 2. The van der Waals surface area contributed by atoms with E-state index in [0.29, 0.717) is 5.02 Å². The van der Waals surface area contributed by atoms with Crippen LogP contribution in [0.4, 0.5) is 0 Å². The van der Waals surface area contributed by atoms with Crippen LogP contribution < -0.4 is 0 Å². The minimum Gasteiger partial charge on any atom is -0.507 e. The normalized spacial score (nSPS) is 10.2. The number of Topliss-reactive ketones (excluding diaryl/α,β-unsaturated/α-hetero) is 2. The second-order valence-electron chi connectivity index (χ2n) is 3.83. The number of benzene rings is 2. The fraction of sp³-hybridized carbons (Fsp3) is 0. The molecule has 19 heavy (non-hydrogen) atoms. The number of rotatable bonds is 3. The van der Waals surface area contributed by atoms with Crippen molar-refractivity contribution in [3.8, 4) is 5.75 Å². The quantitative estimate of drug-likeness (QED) is 0.682. The van der Waals surface area contributed by atoms with Gasteiger partial charge in [-0.05, 0) is 42.5 Å². The summed E-state index contributed by atoms with van der Waals surface area (Å²) in [4.78, 5) is 24.0. The lowest BCUT2D eigenvalue weighted by Crippen LogP contribution is -2.14. The number of carbonyl (C=O) groups excluding carboxylic acids is 2. The van der Waals surface area contributed by atoms with Gasteiger partial charge in [-0.1, -0.05) is 27.5 Å². The molecule has 2 aromatic rings. The molecule has 1 N–H and O–H groups in total. The number of hydrogen-bond acceptors (Lipinski definition) is 3. The number of phenols is 1. The van der Waals surface area contributed by atoms with Gasteiger partial charge in [-0.2, -0.15) is 0 Å². The van der Waals surface area contributed by atoms with E-state index in [0.717, 1.165) is 4.47 Å². The van der Waals surface area contributed by atoms with Crippen LogP contribution in [0.15, 0.2) is 46.9 Å². The van der Waals surface area contributed by atoms with Crippen molar-refractivity contribution in [2.45, 2.75) is 0 Å². The maximum Gasteiger partial charge on any atom is 0.237 e. The van der Waals surface area contributed by atoms with Crippen molar-refractivity contribution >= 4 is 39.1 Å². The predicted octanol–water partition coefficient (Wildman–Crippen LogP) is 3.87. The Morgan fingerprint density at radius 2 is 1.63 bits per heavy atom. The van der Waals surface area contributed by atoms with Crippen molar-refractivity contribution in [1.29, 1.82) is 0 Å². The van der Waals surface area contributed by atoms with Crippen LogP contribution in [-0.4, -0.2) is 16.7 Å². The second-order valence-corrected chi connectivity index (χ2v) is 5.18. The summed E-state index contributed by atoms with van der Waals surface area (Å²) in [7, 11) is 0. The van der Waals surface area contributed by atoms with Crippen molar-refractivity contribution in [2.75, 3.05) is 0 Å². The zero-order valence-electron chi connectivity index (χ0n) is 9.56. The molecule has 0 atom stereocenters. The number of hydrogen-bond donors (Lipinski definition) is 1. The van der Waals surface area contributed by atoms with E-state index >= 15 is 0 Å². The zero-order chi connectivity index (χ0) is 14.0. The first kappa shape index (κ1) is 13.8. The summed E-state index contributed by atoms with van der Waals surface area (Å²) in [6.45, 7) is 0. The molecule has 0 aliphatic rings. The molecule has 0 spiro atoms. The highest BCUT2D eigenvalue weighted by Crippen LogP contribution is 2.23. The Morgan fingerprint density at radius 1 is 1.00 bits per heavy atom. The summed E-state index contributed by atoms with van der Waals surface area (Å²) in [6.07, 6.45) is 0. The first-order valence-corrected chi connectivity index (χ1v) is 6.49. The minimum atomic E-state index is -0.767. The lowest BCUT2D eigenvalue weighted by Gasteiger charge is -2.04. The van der Waals surface area contributed by atoms with Gasteiger partial charge < -0.3 is 5.11 Å². The van der Waals surface area contributed by atoms with E-state index in [9.17, 15) is 14.7 Å². The summed E-state index contributed by atoms with van der Waals surface area (Å²) < 4.78 is 0.811. The fourth-order valence-electron chi connectivity index (χ4n) is 1.55. The summed E-state index contributed by atoms with van der Waals surface area (Å²) in [5.41, 5.74) is 0.208. The Labute approximate surface area is 123 Å². The average molecular weight is 340 g/mol. The number of carbonyl (C=O) groups is 2. The Kier molecular flexibility index (Phi) is 4.02. The van der Waals surface area contributed by atoms with Gasteiger partial charge in [0.05, 0.1) is 5.56 Å². The molecule has 0 amide bonds. The first-order chi connectivity index (χ1) is 8.99. The molecule has 0 radical (unpaired) electrons. The first-order valence-electron chi connectivity index (χ1n) is 5.32. The van der Waals surface area contributed by atoms with Gasteiger partial charge in [-0.3, -0.25) is 9.59 Å². The lowest BCUT2D eigenvalue weighted by molar-refractivity contribution is 0.0815. The van der Waals surface area contributed by atoms with Crippen molar-refractivity contribution in [3.63, 3.8) is 0 Å². The van der Waals surface area contributed by atoms with E-state index in [1.165, 1.54) is 30.3 Å². The summed E-state index contributed by atoms with van der Waals surface area (Å²) in [5, 5.41) is 9.93. The maximum atomic E-state index is 12.0. The smallest absolute Gasteiger partial charge is 0.237 e. The molecule has 2 rings (SSSR count). The molecular weight excluding hydrogens is 332 g/mol. The van der Waals surface area contributed by atoms with Crippen LogP contribution in [0, 0.1) is 0 Å². The van der Waals surface area contributed by atoms with Gasteiger partial charge in [0, 0.05) is 15.1 Å². The molecule has 3 nitrogen and oxygen atoms in total. The van der Waals surface area contributed by atoms with Crippen LogP contribution in [0.25, 0.3) is 0 Å². The van der Waals surface area contributed by atoms with E-state index in [1.54, 1.807) is 12.1 Å². The SMILES string of the molecule is O=C(C(=O)c1ccc(Cl)cc1O)c1ccc(Br)cc1. The van der Waals surface area contributed by atoms with Crippen molar-refractivity contribution in [1.82, 2.24) is 0 Å². The molecular formula is C14H8BrClO3. The van der Waals surface area contributed by atoms with E-state index in [4.69, 9.17) is 11.6 Å². The summed E-state index contributed by atoms with van der Waals surface area (Å²) in [5.74, 6) is -1.75. The van der Waals surface area contributed by atoms with Gasteiger partial charge in [-0.15, -0.1) is 0 Å². The topological polar surface area (TPSA) is 54.4 Å². The average Bonchev–Trinajstić information content (AvgIpc) is 2.38. The molecule has 0 aromatic heterocycles. The van der Waals surface area contributed by atoms with E-state index in [-0.39, 0.29) is 16.9 Å². The van der Waals surface area contributed by atoms with Crippen LogP contribution in [-0.2, 0) is 0 Å². The number of aromatic hydroxyl groups is 1. The van der Waals surface area contributed by atoms with E-state index in [2.05, 4.69) is 15.9 Å². The summed E-state index contributed by atoms with van der Waals surface area (Å²) in [6, 6.07) is 10.4. The third-order valence-corrected chi connectivity index (χ3v) is 3.28. The van der Waals surface area contributed by atoms with Crippen molar-refractivity contribution < 1.29 is 14.7 Å². The van der Waals surface area contributed by atoms with E-state index < -0.39 is 11.6 Å². The molecule has 0 saturated heterocycles. The van der Waals surface area contributed by atoms with Gasteiger partial charge in [0.25, 0.3) is 0 Å². The zero-order valence-corrected chi connectivity index (χ0v) is 11.9. The predicted molar refractivity (Wildman–Crippen MR) is 75.9 cm³/mol. The van der Waals surface area contributed by atoms with Crippen LogP contribution >= 0.6 is 27.5 Å². The molecule has 96 valence electrons. The highest BCUT2D eigenvalue weighted by atomic mass is 79.9. The van der Waals surface area contributed by atoms with Gasteiger partial charge in [0.15, 0.2) is 0 Å². The molecule has 0 aliphatic heterocycles. The summed E-state index contributed by atoms with van der Waals surface area (Å²) >= 11 is 8.92. The second kappa shape index (κ2) is 5.55. The molecule has 0 unspecified atom stereocenters. The van der Waals surface area contributed by atoms with Crippen LogP contribution in [0.1, 0.15) is 20.7 Å². The van der Waals surface area contributed by atoms with Crippen LogP contribution in [0.5, 0.6) is 5.75 Å². The third-order valence-electron chi connectivity index (χ3n) is 2.52. The largest absolute Gasteiger partial charge is 0.507 e. The highest BCUT2D eigenvalue weighted by Gasteiger charge is 2.21. The van der Waals surface area contributed by atoms with Crippen molar-refractivity contribution in [3.05, 3.63) is 63.1 Å². The highest BCUT2D eigenvalue weighted by molar-refractivity contribution is 9.10. The molecule has 0 bridgehead atoms. The number of halogens is 2. The maximum absolute atomic E-state index is 12.0. The number of phenolic OH excluding ortho intramolecular Hbond substituents is 1. The Morgan fingerprint density at radius 3 is 2.21 bits per heavy atom.